The normalized spacial score (nSPS) is 32.7. The first-order chi connectivity index (χ1) is 15.4. The van der Waals surface area contributed by atoms with Gasteiger partial charge in [0.25, 0.3) is 0 Å². The minimum absolute atomic E-state index is 0.180. The van der Waals surface area contributed by atoms with Crippen LogP contribution < -0.4 is 0 Å². The summed E-state index contributed by atoms with van der Waals surface area (Å²) in [6, 6.07) is 0. The van der Waals surface area contributed by atoms with Gasteiger partial charge < -0.3 is 14.0 Å². The van der Waals surface area contributed by atoms with Crippen molar-refractivity contribution in [3.05, 3.63) is 24.3 Å². The van der Waals surface area contributed by atoms with Gasteiger partial charge in [-0.15, -0.1) is 0 Å². The summed E-state index contributed by atoms with van der Waals surface area (Å²) in [7, 11) is -3.78. The lowest BCUT2D eigenvalue weighted by Gasteiger charge is -2.41. The topological polar surface area (TPSA) is 38.7 Å². The van der Waals surface area contributed by atoms with E-state index in [0.717, 1.165) is 18.4 Å². The Kier molecular flexibility index (Phi) is 8.28. The molecular weight excluding hydrogens is 452 g/mol. The molecule has 3 saturated carbocycles. The molecule has 3 fully saturated rings. The van der Waals surface area contributed by atoms with Crippen molar-refractivity contribution in [3.8, 4) is 0 Å². The number of hydrogen-bond acceptors (Lipinski definition) is 3. The molecule has 0 radical (unpaired) electrons. The van der Waals surface area contributed by atoms with Crippen molar-refractivity contribution in [2.24, 2.45) is 23.7 Å². The summed E-state index contributed by atoms with van der Waals surface area (Å²) in [5.41, 5.74) is 1.02. The number of hydrogen-bond donors (Lipinski definition) is 1. The van der Waals surface area contributed by atoms with Crippen molar-refractivity contribution in [2.75, 3.05) is 0 Å². The summed E-state index contributed by atoms with van der Waals surface area (Å²) in [5.74, 6) is 1.68. The van der Waals surface area contributed by atoms with Crippen LogP contribution in [0, 0.1) is 23.7 Å². The summed E-state index contributed by atoms with van der Waals surface area (Å²) in [6.45, 7) is 27.7. The van der Waals surface area contributed by atoms with Crippen LogP contribution >= 0.6 is 0 Å². The molecule has 0 saturated heterocycles. The fraction of sp³-hybridized carbons (Fsp3) is 0.862. The SMILES string of the molecule is C=C1C[C@@H]2[C@H](/C=C/[C@@H](O[Si](C)(C)C(C)(C)C)C3CCCC3)[C@H](O[Si](C)(C)C(C)(C)C)C[C@@H]2C1O. The van der Waals surface area contributed by atoms with Crippen LogP contribution in [-0.4, -0.2) is 40.1 Å². The zero-order valence-corrected chi connectivity index (χ0v) is 25.9. The largest absolute Gasteiger partial charge is 0.413 e. The van der Waals surface area contributed by atoms with E-state index < -0.39 is 16.6 Å². The monoisotopic (exact) mass is 506 g/mol. The predicted octanol–water partition coefficient (Wildman–Crippen LogP) is 8.09. The summed E-state index contributed by atoms with van der Waals surface area (Å²) >= 11 is 0. The van der Waals surface area contributed by atoms with E-state index >= 15 is 0 Å². The van der Waals surface area contributed by atoms with Crippen molar-refractivity contribution in [3.63, 3.8) is 0 Å². The first kappa shape index (κ1) is 28.4. The van der Waals surface area contributed by atoms with Crippen molar-refractivity contribution in [1.29, 1.82) is 0 Å². The Balaban J connectivity index is 1.88. The van der Waals surface area contributed by atoms with Crippen LogP contribution in [0.2, 0.25) is 36.3 Å². The van der Waals surface area contributed by atoms with Crippen LogP contribution in [0.25, 0.3) is 0 Å². The molecule has 1 unspecified atom stereocenters. The van der Waals surface area contributed by atoms with Gasteiger partial charge in [-0.25, -0.2) is 0 Å². The van der Waals surface area contributed by atoms with Crippen molar-refractivity contribution < 1.29 is 14.0 Å². The highest BCUT2D eigenvalue weighted by atomic mass is 28.4. The fourth-order valence-electron chi connectivity index (χ4n) is 5.82. The molecule has 0 bridgehead atoms. The van der Waals surface area contributed by atoms with Crippen LogP contribution in [-0.2, 0) is 8.85 Å². The number of rotatable bonds is 7. The quantitative estimate of drug-likeness (QED) is 0.280. The second kappa shape index (κ2) is 9.92. The zero-order chi connectivity index (χ0) is 25.7. The molecule has 0 aromatic heterocycles. The number of aliphatic hydroxyl groups is 1. The molecule has 0 aromatic carbocycles. The van der Waals surface area contributed by atoms with E-state index in [1.807, 2.05) is 0 Å². The molecule has 1 N–H and O–H groups in total. The van der Waals surface area contributed by atoms with Gasteiger partial charge in [-0.2, -0.15) is 0 Å². The van der Waals surface area contributed by atoms with Crippen LogP contribution in [0.3, 0.4) is 0 Å². The minimum Gasteiger partial charge on any atom is -0.413 e. The first-order valence-corrected chi connectivity index (χ1v) is 19.7. The Morgan fingerprint density at radius 3 is 2.03 bits per heavy atom. The van der Waals surface area contributed by atoms with Crippen LogP contribution in [0.4, 0.5) is 0 Å². The molecule has 0 amide bonds. The van der Waals surface area contributed by atoms with Gasteiger partial charge in [-0.1, -0.05) is 73.1 Å². The molecular formula is C29H54O3Si2. The zero-order valence-electron chi connectivity index (χ0n) is 23.9. The average molecular weight is 507 g/mol. The molecule has 3 nitrogen and oxygen atoms in total. The van der Waals surface area contributed by atoms with Gasteiger partial charge in [0.05, 0.1) is 18.3 Å². The Bertz CT molecular complexity index is 752. The second-order valence-corrected chi connectivity index (χ2v) is 24.1. The molecule has 3 aliphatic rings. The number of fused-ring (bicyclic) bond motifs is 1. The van der Waals surface area contributed by atoms with Crippen molar-refractivity contribution in [1.82, 2.24) is 0 Å². The maximum atomic E-state index is 10.9. The third-order valence-corrected chi connectivity index (χ3v) is 19.2. The summed E-state index contributed by atoms with van der Waals surface area (Å²) in [4.78, 5) is 0. The van der Waals surface area contributed by atoms with E-state index in [1.165, 1.54) is 25.7 Å². The van der Waals surface area contributed by atoms with Crippen LogP contribution in [0.1, 0.15) is 80.1 Å². The molecule has 196 valence electrons. The lowest BCUT2D eigenvalue weighted by atomic mass is 9.89. The lowest BCUT2D eigenvalue weighted by molar-refractivity contribution is 0.128. The molecule has 0 aromatic rings. The first-order valence-electron chi connectivity index (χ1n) is 13.8. The molecule has 34 heavy (non-hydrogen) atoms. The maximum absolute atomic E-state index is 10.9. The van der Waals surface area contributed by atoms with E-state index in [0.29, 0.717) is 17.8 Å². The molecule has 3 rings (SSSR count). The van der Waals surface area contributed by atoms with Gasteiger partial charge in [0.2, 0.25) is 0 Å². The number of aliphatic hydroxyl groups excluding tert-OH is 1. The molecule has 0 heterocycles. The fourth-order valence-corrected chi connectivity index (χ4v) is 8.49. The van der Waals surface area contributed by atoms with Gasteiger partial charge >= 0.3 is 0 Å². The molecule has 0 aliphatic heterocycles. The van der Waals surface area contributed by atoms with Gasteiger partial charge in [-0.3, -0.25) is 0 Å². The average Bonchev–Trinajstić information content (AvgIpc) is 3.37. The van der Waals surface area contributed by atoms with Gasteiger partial charge in [0.15, 0.2) is 16.6 Å². The molecule has 0 spiro atoms. The Morgan fingerprint density at radius 1 is 0.941 bits per heavy atom. The van der Waals surface area contributed by atoms with Gasteiger partial charge in [0.1, 0.15) is 0 Å². The van der Waals surface area contributed by atoms with Crippen LogP contribution in [0.15, 0.2) is 24.3 Å². The van der Waals surface area contributed by atoms with E-state index in [-0.39, 0.29) is 34.3 Å². The Labute approximate surface area is 213 Å². The van der Waals surface area contributed by atoms with E-state index in [4.69, 9.17) is 8.85 Å². The lowest BCUT2D eigenvalue weighted by Crippen LogP contribution is -2.45. The highest BCUT2D eigenvalue weighted by Crippen LogP contribution is 2.53. The van der Waals surface area contributed by atoms with Gasteiger partial charge in [0, 0.05) is 5.92 Å². The van der Waals surface area contributed by atoms with Crippen LogP contribution in [0.5, 0.6) is 0 Å². The molecule has 3 aliphatic carbocycles. The molecule has 6 atom stereocenters. The summed E-state index contributed by atoms with van der Waals surface area (Å²) in [5, 5.41) is 11.3. The Morgan fingerprint density at radius 2 is 1.50 bits per heavy atom. The summed E-state index contributed by atoms with van der Waals surface area (Å²) in [6.07, 6.45) is 12.0. The van der Waals surface area contributed by atoms with Crippen molar-refractivity contribution in [2.45, 2.75) is 135 Å². The highest BCUT2D eigenvalue weighted by Gasteiger charge is 2.53. The third kappa shape index (κ3) is 5.85. The maximum Gasteiger partial charge on any atom is 0.192 e. The standard InChI is InChI=1S/C29H54O3Si2/c1-20-18-23-22(26(19-24(23)27(20)30)32-34(10,11)29(5,6)7)16-17-25(21-14-12-13-15-21)31-33(8,9)28(2,3)4/h16-17,21-27,30H,1,12-15,18-19H2,2-11H3/b17-16+/t22-,23+,24-,25+,26+,27?/m0/s1. The Hall–Kier alpha value is -0.206. The molecule has 5 heteroatoms. The van der Waals surface area contributed by atoms with Crippen molar-refractivity contribution >= 4 is 16.6 Å². The third-order valence-electron chi connectivity index (χ3n) is 10.2. The predicted molar refractivity (Wildman–Crippen MR) is 150 cm³/mol. The van der Waals surface area contributed by atoms with E-state index in [2.05, 4.69) is 86.5 Å². The summed E-state index contributed by atoms with van der Waals surface area (Å²) < 4.78 is 14.1. The van der Waals surface area contributed by atoms with Gasteiger partial charge in [-0.05, 0) is 85.3 Å². The minimum atomic E-state index is -1.91. The second-order valence-electron chi connectivity index (χ2n) is 14.6. The van der Waals surface area contributed by atoms with E-state index in [9.17, 15) is 5.11 Å². The highest BCUT2D eigenvalue weighted by molar-refractivity contribution is 6.74. The smallest absolute Gasteiger partial charge is 0.192 e. The van der Waals surface area contributed by atoms with E-state index in [1.54, 1.807) is 0 Å².